The molecule has 0 radical (unpaired) electrons. The van der Waals surface area contributed by atoms with Gasteiger partial charge in [0, 0.05) is 32.9 Å². The number of benzene rings is 3. The Hall–Kier alpha value is -4.33. The number of oxazole rings is 1. The zero-order valence-corrected chi connectivity index (χ0v) is 18.1. The molecule has 4 rings (SSSR count). The molecule has 2 N–H and O–H groups in total. The van der Waals surface area contributed by atoms with Gasteiger partial charge < -0.3 is 14.4 Å². The lowest BCUT2D eigenvalue weighted by Gasteiger charge is -2.22. The summed E-state index contributed by atoms with van der Waals surface area (Å²) in [6.45, 7) is 0. The molecule has 8 heteroatoms. The molecule has 3 aromatic carbocycles. The van der Waals surface area contributed by atoms with Crippen molar-refractivity contribution in [3.63, 3.8) is 0 Å². The zero-order chi connectivity index (χ0) is 22.5. The van der Waals surface area contributed by atoms with Gasteiger partial charge in [-0.3, -0.25) is 10.4 Å². The minimum Gasteiger partial charge on any atom is -0.507 e. The van der Waals surface area contributed by atoms with Crippen LogP contribution in [0, 0.1) is 0 Å². The SMILES string of the molecule is CN(C)c1ccc(NN(C)c2ccc(N=Nc3ccc(-c4ncco4)c(O)c3)cc2)cc1. The molecule has 0 aliphatic carbocycles. The lowest BCUT2D eigenvalue weighted by Crippen LogP contribution is -2.24. The Bertz CT molecular complexity index is 1190. The largest absolute Gasteiger partial charge is 0.507 e. The second-order valence-electron chi connectivity index (χ2n) is 7.37. The summed E-state index contributed by atoms with van der Waals surface area (Å²) in [5.41, 5.74) is 8.20. The molecule has 0 unspecified atom stereocenters. The van der Waals surface area contributed by atoms with Crippen LogP contribution < -0.4 is 15.3 Å². The number of hydrazine groups is 1. The molecular weight excluding hydrogens is 404 g/mol. The Kier molecular flexibility index (Phi) is 6.03. The summed E-state index contributed by atoms with van der Waals surface area (Å²) in [7, 11) is 5.99. The highest BCUT2D eigenvalue weighted by Gasteiger charge is 2.09. The summed E-state index contributed by atoms with van der Waals surface area (Å²) in [5, 5.41) is 20.6. The Balaban J connectivity index is 1.40. The van der Waals surface area contributed by atoms with E-state index in [-0.39, 0.29) is 5.75 Å². The van der Waals surface area contributed by atoms with E-state index in [1.807, 2.05) is 62.6 Å². The first-order valence-corrected chi connectivity index (χ1v) is 10.0. The number of phenolic OH excluding ortho intramolecular Hbond substituents is 1. The van der Waals surface area contributed by atoms with E-state index in [2.05, 4.69) is 37.7 Å². The van der Waals surface area contributed by atoms with Crippen molar-refractivity contribution < 1.29 is 9.52 Å². The van der Waals surface area contributed by atoms with Crippen molar-refractivity contribution in [3.05, 3.63) is 79.2 Å². The molecule has 0 amide bonds. The normalized spacial score (nSPS) is 11.0. The number of hydrogen-bond acceptors (Lipinski definition) is 8. The second-order valence-corrected chi connectivity index (χ2v) is 7.37. The Morgan fingerprint density at radius 2 is 1.50 bits per heavy atom. The fraction of sp³-hybridized carbons (Fsp3) is 0.125. The number of nitrogens with zero attached hydrogens (tertiary/aromatic N) is 5. The highest BCUT2D eigenvalue weighted by molar-refractivity contribution is 5.66. The van der Waals surface area contributed by atoms with Gasteiger partial charge in [0.2, 0.25) is 5.89 Å². The molecule has 0 saturated heterocycles. The van der Waals surface area contributed by atoms with E-state index >= 15 is 0 Å². The van der Waals surface area contributed by atoms with Crippen LogP contribution in [-0.2, 0) is 0 Å². The first-order chi connectivity index (χ1) is 15.5. The van der Waals surface area contributed by atoms with Crippen LogP contribution in [0.4, 0.5) is 28.4 Å². The van der Waals surface area contributed by atoms with Crippen molar-refractivity contribution in [2.75, 3.05) is 36.5 Å². The molecule has 0 spiro atoms. The van der Waals surface area contributed by atoms with Gasteiger partial charge in [-0.2, -0.15) is 10.2 Å². The molecule has 1 aromatic heterocycles. The fourth-order valence-corrected chi connectivity index (χ4v) is 3.07. The summed E-state index contributed by atoms with van der Waals surface area (Å²) in [5.74, 6) is 0.388. The number of aromatic nitrogens is 1. The molecular formula is C24H24N6O2. The maximum Gasteiger partial charge on any atom is 0.229 e. The fourth-order valence-electron chi connectivity index (χ4n) is 3.07. The first-order valence-electron chi connectivity index (χ1n) is 10.0. The van der Waals surface area contributed by atoms with Crippen molar-refractivity contribution >= 4 is 28.4 Å². The van der Waals surface area contributed by atoms with Crippen LogP contribution in [0.3, 0.4) is 0 Å². The standard InChI is InChI=1S/C24H24N6O2/c1-29(2)20-9-6-18(7-10-20)28-30(3)21-11-4-17(5-12-21)26-27-19-8-13-22(23(31)16-19)24-25-14-15-32-24/h4-16,28,31H,1-3H3. The number of azo groups is 1. The predicted octanol–water partition coefficient (Wildman–Crippen LogP) is 5.99. The van der Waals surface area contributed by atoms with Crippen LogP contribution in [0.5, 0.6) is 5.75 Å². The van der Waals surface area contributed by atoms with Gasteiger partial charge in [0.1, 0.15) is 12.0 Å². The van der Waals surface area contributed by atoms with Crippen molar-refractivity contribution in [1.29, 1.82) is 0 Å². The summed E-state index contributed by atoms with van der Waals surface area (Å²) in [6, 6.07) is 20.9. The molecule has 0 saturated carbocycles. The minimum atomic E-state index is 0.0329. The van der Waals surface area contributed by atoms with Crippen LogP contribution in [0.25, 0.3) is 11.5 Å². The van der Waals surface area contributed by atoms with Crippen LogP contribution in [0.1, 0.15) is 0 Å². The molecule has 0 bridgehead atoms. The summed E-state index contributed by atoms with van der Waals surface area (Å²) < 4.78 is 5.22. The van der Waals surface area contributed by atoms with Gasteiger partial charge in [-0.25, -0.2) is 4.98 Å². The van der Waals surface area contributed by atoms with Crippen molar-refractivity contribution in [3.8, 4) is 17.2 Å². The van der Waals surface area contributed by atoms with E-state index < -0.39 is 0 Å². The zero-order valence-electron chi connectivity index (χ0n) is 18.1. The highest BCUT2D eigenvalue weighted by Crippen LogP contribution is 2.32. The number of nitrogens with one attached hydrogen (secondary N) is 1. The molecule has 1 heterocycles. The van der Waals surface area contributed by atoms with E-state index in [9.17, 15) is 5.11 Å². The summed E-state index contributed by atoms with van der Waals surface area (Å²) in [6.07, 6.45) is 2.99. The topological polar surface area (TPSA) is 89.5 Å². The Morgan fingerprint density at radius 3 is 2.12 bits per heavy atom. The van der Waals surface area contributed by atoms with Gasteiger partial charge in [0.15, 0.2) is 0 Å². The average molecular weight is 428 g/mol. The highest BCUT2D eigenvalue weighted by atomic mass is 16.3. The van der Waals surface area contributed by atoms with Crippen LogP contribution in [0.2, 0.25) is 0 Å². The molecule has 162 valence electrons. The maximum atomic E-state index is 10.2. The number of phenols is 1. The molecule has 32 heavy (non-hydrogen) atoms. The van der Waals surface area contributed by atoms with Crippen molar-refractivity contribution in [2.45, 2.75) is 0 Å². The van der Waals surface area contributed by atoms with Gasteiger partial charge >= 0.3 is 0 Å². The molecule has 0 atom stereocenters. The quantitative estimate of drug-likeness (QED) is 0.277. The van der Waals surface area contributed by atoms with Gasteiger partial charge in [-0.05, 0) is 60.7 Å². The number of anilines is 3. The van der Waals surface area contributed by atoms with Crippen molar-refractivity contribution in [2.24, 2.45) is 10.2 Å². The third kappa shape index (κ3) is 4.86. The van der Waals surface area contributed by atoms with E-state index in [0.717, 1.165) is 17.1 Å². The predicted molar refractivity (Wildman–Crippen MR) is 127 cm³/mol. The Morgan fingerprint density at radius 1 is 0.844 bits per heavy atom. The molecule has 0 aliphatic rings. The third-order valence-electron chi connectivity index (χ3n) is 4.84. The van der Waals surface area contributed by atoms with Gasteiger partial charge in [-0.15, -0.1) is 0 Å². The van der Waals surface area contributed by atoms with E-state index in [1.54, 1.807) is 12.1 Å². The van der Waals surface area contributed by atoms with E-state index in [1.165, 1.54) is 18.5 Å². The lowest BCUT2D eigenvalue weighted by molar-refractivity contribution is 0.473. The molecule has 8 nitrogen and oxygen atoms in total. The summed E-state index contributed by atoms with van der Waals surface area (Å²) >= 11 is 0. The van der Waals surface area contributed by atoms with Gasteiger partial charge in [-0.1, -0.05) is 0 Å². The average Bonchev–Trinajstić information content (AvgIpc) is 3.33. The summed E-state index contributed by atoms with van der Waals surface area (Å²) in [4.78, 5) is 6.10. The minimum absolute atomic E-state index is 0.0329. The van der Waals surface area contributed by atoms with Crippen LogP contribution in [0.15, 0.2) is 93.8 Å². The van der Waals surface area contributed by atoms with E-state index in [4.69, 9.17) is 4.42 Å². The second kappa shape index (κ2) is 9.22. The third-order valence-corrected chi connectivity index (χ3v) is 4.84. The number of hydrogen-bond donors (Lipinski definition) is 2. The van der Waals surface area contributed by atoms with Crippen LogP contribution in [-0.4, -0.2) is 31.2 Å². The van der Waals surface area contributed by atoms with Gasteiger partial charge in [0.25, 0.3) is 0 Å². The Labute approximate surface area is 186 Å². The smallest absolute Gasteiger partial charge is 0.229 e. The van der Waals surface area contributed by atoms with E-state index in [0.29, 0.717) is 22.8 Å². The maximum absolute atomic E-state index is 10.2. The molecule has 4 aromatic rings. The van der Waals surface area contributed by atoms with Crippen LogP contribution >= 0.6 is 0 Å². The molecule has 0 fully saturated rings. The monoisotopic (exact) mass is 428 g/mol. The molecule has 0 aliphatic heterocycles. The first kappa shape index (κ1) is 20.9. The number of aromatic hydroxyl groups is 1. The van der Waals surface area contributed by atoms with Crippen molar-refractivity contribution in [1.82, 2.24) is 4.98 Å². The van der Waals surface area contributed by atoms with Gasteiger partial charge in [0.05, 0.1) is 34.5 Å². The number of rotatable bonds is 7. The lowest BCUT2D eigenvalue weighted by atomic mass is 10.2.